The predicted molar refractivity (Wildman–Crippen MR) is 109 cm³/mol. The van der Waals surface area contributed by atoms with E-state index in [0.29, 0.717) is 42.9 Å². The number of nitrogens with zero attached hydrogens (tertiary/aromatic N) is 4. The lowest BCUT2D eigenvalue weighted by Gasteiger charge is -2.26. The lowest BCUT2D eigenvalue weighted by molar-refractivity contribution is -0.138. The van der Waals surface area contributed by atoms with Gasteiger partial charge in [0.15, 0.2) is 5.78 Å². The number of carbonyl (C=O) groups excluding carboxylic acids is 3. The molecule has 2 amide bonds. The minimum absolute atomic E-state index is 0.00423. The number of nitrogens with two attached hydrogens (primary N) is 1. The van der Waals surface area contributed by atoms with Gasteiger partial charge in [-0.15, -0.1) is 0 Å². The molecule has 3 heterocycles. The maximum atomic E-state index is 13.2. The second-order valence-corrected chi connectivity index (χ2v) is 7.58. The van der Waals surface area contributed by atoms with Crippen molar-refractivity contribution in [2.24, 2.45) is 0 Å². The number of aromatic nitrogens is 2. The molecule has 0 radical (unpaired) electrons. The van der Waals surface area contributed by atoms with Crippen LogP contribution in [0.4, 0.5) is 5.82 Å². The topological polar surface area (TPSA) is 111 Å². The molecule has 30 heavy (non-hydrogen) atoms. The van der Waals surface area contributed by atoms with Crippen LogP contribution in [0.3, 0.4) is 0 Å². The molecule has 0 saturated carbocycles. The normalized spacial score (nSPS) is 18.8. The van der Waals surface area contributed by atoms with Crippen LogP contribution in [0.1, 0.15) is 36.0 Å². The van der Waals surface area contributed by atoms with E-state index in [1.165, 1.54) is 10.9 Å². The summed E-state index contributed by atoms with van der Waals surface area (Å²) < 4.78 is 6.65. The average molecular weight is 411 g/mol. The zero-order chi connectivity index (χ0) is 21.3. The smallest absolute Gasteiger partial charge is 0.242 e. The highest BCUT2D eigenvalue weighted by Gasteiger charge is 2.37. The second kappa shape index (κ2) is 8.17. The van der Waals surface area contributed by atoms with Gasteiger partial charge < -0.3 is 20.3 Å². The monoisotopic (exact) mass is 411 g/mol. The van der Waals surface area contributed by atoms with Crippen molar-refractivity contribution in [3.05, 3.63) is 36.0 Å². The van der Waals surface area contributed by atoms with Gasteiger partial charge in [0.25, 0.3) is 0 Å². The van der Waals surface area contributed by atoms with E-state index in [4.69, 9.17) is 10.5 Å². The SMILES string of the molecule is COc1ccc(-n2ncc(C(=O)[C@H]3CCCN3C(=O)CN3CCCC3=O)c2N)cc1. The number of likely N-dealkylation sites (tertiary alicyclic amines) is 2. The molecule has 2 N–H and O–H groups in total. The Hall–Kier alpha value is -3.36. The predicted octanol–water partition coefficient (Wildman–Crippen LogP) is 1.26. The van der Waals surface area contributed by atoms with Gasteiger partial charge in [-0.2, -0.15) is 5.10 Å². The summed E-state index contributed by atoms with van der Waals surface area (Å²) in [7, 11) is 1.59. The minimum Gasteiger partial charge on any atom is -0.497 e. The quantitative estimate of drug-likeness (QED) is 0.717. The number of hydrogen-bond acceptors (Lipinski definition) is 6. The van der Waals surface area contributed by atoms with Crippen molar-refractivity contribution < 1.29 is 19.1 Å². The Morgan fingerprint density at radius 1 is 1.20 bits per heavy atom. The molecular weight excluding hydrogens is 386 g/mol. The maximum absolute atomic E-state index is 13.2. The number of Topliss-reactive ketones (excluding diaryl/α,β-unsaturated/α-hetero) is 1. The largest absolute Gasteiger partial charge is 0.497 e. The van der Waals surface area contributed by atoms with E-state index in [1.807, 2.05) is 0 Å². The molecule has 1 atom stereocenters. The molecule has 2 saturated heterocycles. The van der Waals surface area contributed by atoms with E-state index >= 15 is 0 Å². The number of methoxy groups -OCH3 is 1. The number of ether oxygens (including phenoxy) is 1. The first-order valence-electron chi connectivity index (χ1n) is 10.1. The van der Waals surface area contributed by atoms with Gasteiger partial charge in [-0.3, -0.25) is 14.4 Å². The number of nitrogen functional groups attached to an aromatic ring is 1. The van der Waals surface area contributed by atoms with E-state index in [-0.39, 0.29) is 30.0 Å². The standard InChI is InChI=1S/C21H25N5O4/c1-30-15-8-6-14(7-9-15)26-21(22)16(12-23-26)20(29)17-4-2-11-25(17)19(28)13-24-10-3-5-18(24)27/h6-9,12,17H,2-5,10-11,13,22H2,1H3/t17-/m1/s1. The molecule has 2 aromatic rings. The third-order valence-electron chi connectivity index (χ3n) is 5.76. The third-order valence-corrected chi connectivity index (χ3v) is 5.76. The summed E-state index contributed by atoms with van der Waals surface area (Å²) in [4.78, 5) is 41.0. The average Bonchev–Trinajstić information content (AvgIpc) is 3.48. The fraction of sp³-hybridized carbons (Fsp3) is 0.429. The molecule has 1 aromatic heterocycles. The van der Waals surface area contributed by atoms with Crippen molar-refractivity contribution in [1.82, 2.24) is 19.6 Å². The zero-order valence-electron chi connectivity index (χ0n) is 16.9. The molecule has 2 aliphatic heterocycles. The summed E-state index contributed by atoms with van der Waals surface area (Å²) in [6, 6.07) is 6.60. The molecule has 2 fully saturated rings. The van der Waals surface area contributed by atoms with Crippen LogP contribution in [0.2, 0.25) is 0 Å². The summed E-state index contributed by atoms with van der Waals surface area (Å²) in [5.74, 6) is 0.528. The summed E-state index contributed by atoms with van der Waals surface area (Å²) >= 11 is 0. The Kier molecular flexibility index (Phi) is 5.43. The molecular formula is C21H25N5O4. The first kappa shape index (κ1) is 19.9. The molecule has 0 bridgehead atoms. The Morgan fingerprint density at radius 3 is 2.63 bits per heavy atom. The van der Waals surface area contributed by atoms with Gasteiger partial charge >= 0.3 is 0 Å². The Morgan fingerprint density at radius 2 is 1.97 bits per heavy atom. The molecule has 4 rings (SSSR count). The summed E-state index contributed by atoms with van der Waals surface area (Å²) in [6.45, 7) is 1.13. The highest BCUT2D eigenvalue weighted by atomic mass is 16.5. The lowest BCUT2D eigenvalue weighted by Crippen LogP contribution is -2.46. The Balaban J connectivity index is 1.51. The van der Waals surface area contributed by atoms with Gasteiger partial charge in [-0.05, 0) is 43.5 Å². The molecule has 0 spiro atoms. The molecule has 9 nitrogen and oxygen atoms in total. The van der Waals surface area contributed by atoms with Crippen LogP contribution in [0.5, 0.6) is 5.75 Å². The van der Waals surface area contributed by atoms with Crippen molar-refractivity contribution >= 4 is 23.4 Å². The zero-order valence-corrected chi connectivity index (χ0v) is 16.9. The molecule has 9 heteroatoms. The van der Waals surface area contributed by atoms with Crippen LogP contribution >= 0.6 is 0 Å². The van der Waals surface area contributed by atoms with Crippen LogP contribution in [0.15, 0.2) is 30.5 Å². The maximum Gasteiger partial charge on any atom is 0.242 e. The van der Waals surface area contributed by atoms with E-state index < -0.39 is 6.04 Å². The van der Waals surface area contributed by atoms with E-state index in [2.05, 4.69) is 5.10 Å². The van der Waals surface area contributed by atoms with Crippen molar-refractivity contribution in [1.29, 1.82) is 0 Å². The van der Waals surface area contributed by atoms with Gasteiger partial charge in [0.1, 0.15) is 11.6 Å². The summed E-state index contributed by atoms with van der Waals surface area (Å²) in [5, 5.41) is 4.27. The Bertz CT molecular complexity index is 968. The summed E-state index contributed by atoms with van der Waals surface area (Å²) in [5.41, 5.74) is 7.24. The highest BCUT2D eigenvalue weighted by Crippen LogP contribution is 2.26. The fourth-order valence-electron chi connectivity index (χ4n) is 4.12. The number of anilines is 1. The number of carbonyl (C=O) groups is 3. The Labute approximate surface area is 174 Å². The van der Waals surface area contributed by atoms with Gasteiger partial charge in [0.2, 0.25) is 11.8 Å². The van der Waals surface area contributed by atoms with E-state index in [0.717, 1.165) is 12.8 Å². The molecule has 0 aliphatic carbocycles. The third kappa shape index (κ3) is 3.62. The number of amides is 2. The van der Waals surface area contributed by atoms with Gasteiger partial charge in [0.05, 0.1) is 37.1 Å². The van der Waals surface area contributed by atoms with Crippen molar-refractivity contribution in [2.75, 3.05) is 32.5 Å². The highest BCUT2D eigenvalue weighted by molar-refractivity contribution is 6.05. The van der Waals surface area contributed by atoms with Gasteiger partial charge in [0, 0.05) is 19.5 Å². The molecule has 0 unspecified atom stereocenters. The number of hydrogen-bond donors (Lipinski definition) is 1. The van der Waals surface area contributed by atoms with Crippen molar-refractivity contribution in [2.45, 2.75) is 31.7 Å². The van der Waals surface area contributed by atoms with Crippen LogP contribution in [-0.4, -0.2) is 70.0 Å². The number of rotatable bonds is 6. The van der Waals surface area contributed by atoms with Gasteiger partial charge in [-0.25, -0.2) is 4.68 Å². The molecule has 2 aliphatic rings. The second-order valence-electron chi connectivity index (χ2n) is 7.58. The lowest BCUT2D eigenvalue weighted by atomic mass is 10.0. The van der Waals surface area contributed by atoms with Gasteiger partial charge in [-0.1, -0.05) is 0 Å². The van der Waals surface area contributed by atoms with Crippen molar-refractivity contribution in [3.63, 3.8) is 0 Å². The van der Waals surface area contributed by atoms with Crippen molar-refractivity contribution in [3.8, 4) is 11.4 Å². The fourth-order valence-corrected chi connectivity index (χ4v) is 4.12. The first-order chi connectivity index (χ1) is 14.5. The molecule has 158 valence electrons. The minimum atomic E-state index is -0.578. The van der Waals surface area contributed by atoms with Crippen LogP contribution in [0, 0.1) is 0 Å². The number of benzene rings is 1. The van der Waals surface area contributed by atoms with E-state index in [9.17, 15) is 14.4 Å². The van der Waals surface area contributed by atoms with Crippen LogP contribution in [-0.2, 0) is 9.59 Å². The van der Waals surface area contributed by atoms with Crippen LogP contribution in [0.25, 0.3) is 5.69 Å². The summed E-state index contributed by atoms with van der Waals surface area (Å²) in [6.07, 6.45) is 4.02. The van der Waals surface area contributed by atoms with E-state index in [1.54, 1.807) is 41.2 Å². The first-order valence-corrected chi connectivity index (χ1v) is 10.1. The number of ketones is 1. The van der Waals surface area contributed by atoms with Crippen LogP contribution < -0.4 is 10.5 Å². The molecule has 1 aromatic carbocycles.